The van der Waals surface area contributed by atoms with Gasteiger partial charge in [-0.1, -0.05) is 0 Å². The number of H-pyrrole nitrogens is 1. The highest BCUT2D eigenvalue weighted by Gasteiger charge is 1.97. The van der Waals surface area contributed by atoms with Crippen LogP contribution in [0, 0.1) is 0 Å². The van der Waals surface area contributed by atoms with Crippen LogP contribution in [0.15, 0.2) is 18.3 Å². The van der Waals surface area contributed by atoms with E-state index in [1.807, 2.05) is 12.3 Å². The molecule has 0 saturated heterocycles. The summed E-state index contributed by atoms with van der Waals surface area (Å²) in [6.07, 6.45) is 1.95. The summed E-state index contributed by atoms with van der Waals surface area (Å²) >= 11 is 0. The summed E-state index contributed by atoms with van der Waals surface area (Å²) in [7, 11) is 3.84. The smallest absolute Gasteiger partial charge is 0.0589 e. The standard InChI is InChI=1S/C11H21N3O/c1-14(8-9-15-2)7-6-12-10-11-4-3-5-13-11/h3-5,12-13H,6-10H2,1-2H3. The Morgan fingerprint density at radius 2 is 2.33 bits per heavy atom. The summed E-state index contributed by atoms with van der Waals surface area (Å²) in [6.45, 7) is 4.74. The minimum atomic E-state index is 0.799. The Bertz CT molecular complexity index is 236. The van der Waals surface area contributed by atoms with Gasteiger partial charge in [0.05, 0.1) is 6.61 Å². The fourth-order valence-electron chi connectivity index (χ4n) is 1.33. The highest BCUT2D eigenvalue weighted by Crippen LogP contribution is 1.92. The van der Waals surface area contributed by atoms with Crippen LogP contribution in [0.2, 0.25) is 0 Å². The summed E-state index contributed by atoms with van der Waals surface area (Å²) in [5.41, 5.74) is 1.23. The van der Waals surface area contributed by atoms with Gasteiger partial charge in [-0.05, 0) is 19.2 Å². The van der Waals surface area contributed by atoms with Crippen LogP contribution in [0.4, 0.5) is 0 Å². The zero-order valence-corrected chi connectivity index (χ0v) is 9.62. The molecule has 0 amide bonds. The molecule has 1 rings (SSSR count). The Kier molecular flexibility index (Phi) is 6.08. The van der Waals surface area contributed by atoms with Crippen molar-refractivity contribution in [3.63, 3.8) is 0 Å². The van der Waals surface area contributed by atoms with Crippen molar-refractivity contribution in [2.24, 2.45) is 0 Å². The van der Waals surface area contributed by atoms with Gasteiger partial charge in [-0.15, -0.1) is 0 Å². The molecule has 2 N–H and O–H groups in total. The lowest BCUT2D eigenvalue weighted by Crippen LogP contribution is -2.31. The molecule has 15 heavy (non-hydrogen) atoms. The first-order valence-electron chi connectivity index (χ1n) is 5.33. The molecule has 0 fully saturated rings. The average molecular weight is 211 g/mol. The second-order valence-corrected chi connectivity index (χ2v) is 3.67. The zero-order chi connectivity index (χ0) is 10.9. The third-order valence-electron chi connectivity index (χ3n) is 2.33. The van der Waals surface area contributed by atoms with Gasteiger partial charge < -0.3 is 19.9 Å². The van der Waals surface area contributed by atoms with Gasteiger partial charge in [0.1, 0.15) is 0 Å². The maximum absolute atomic E-state index is 5.01. The van der Waals surface area contributed by atoms with E-state index < -0.39 is 0 Å². The van der Waals surface area contributed by atoms with Crippen molar-refractivity contribution in [3.8, 4) is 0 Å². The molecule has 0 spiro atoms. The van der Waals surface area contributed by atoms with Gasteiger partial charge in [0.2, 0.25) is 0 Å². The average Bonchev–Trinajstić information content (AvgIpc) is 2.74. The Balaban J connectivity index is 1.97. The molecule has 1 heterocycles. The number of nitrogens with one attached hydrogen (secondary N) is 2. The van der Waals surface area contributed by atoms with E-state index in [1.165, 1.54) is 5.69 Å². The number of rotatable bonds is 8. The summed E-state index contributed by atoms with van der Waals surface area (Å²) in [5, 5.41) is 3.38. The van der Waals surface area contributed by atoms with Crippen molar-refractivity contribution in [1.29, 1.82) is 0 Å². The quantitative estimate of drug-likeness (QED) is 0.621. The molecule has 0 radical (unpaired) electrons. The molecule has 0 aliphatic carbocycles. The van der Waals surface area contributed by atoms with Gasteiger partial charge >= 0.3 is 0 Å². The van der Waals surface area contributed by atoms with Crippen molar-refractivity contribution < 1.29 is 4.74 Å². The molecule has 0 aromatic carbocycles. The molecule has 0 bridgehead atoms. The molecule has 0 aliphatic heterocycles. The first-order valence-corrected chi connectivity index (χ1v) is 5.33. The molecule has 86 valence electrons. The second-order valence-electron chi connectivity index (χ2n) is 3.67. The van der Waals surface area contributed by atoms with Crippen LogP contribution >= 0.6 is 0 Å². The predicted octanol–water partition coefficient (Wildman–Crippen LogP) is 0.682. The number of aromatic nitrogens is 1. The van der Waals surface area contributed by atoms with E-state index in [4.69, 9.17) is 4.74 Å². The van der Waals surface area contributed by atoms with E-state index in [0.29, 0.717) is 0 Å². The van der Waals surface area contributed by atoms with E-state index in [0.717, 1.165) is 32.8 Å². The maximum atomic E-state index is 5.01. The van der Waals surface area contributed by atoms with Crippen molar-refractivity contribution in [3.05, 3.63) is 24.0 Å². The van der Waals surface area contributed by atoms with Crippen LogP contribution in [-0.2, 0) is 11.3 Å². The SMILES string of the molecule is COCCN(C)CCNCc1ccc[nH]1. The van der Waals surface area contributed by atoms with Crippen LogP contribution in [0.25, 0.3) is 0 Å². The Morgan fingerprint density at radius 3 is 3.00 bits per heavy atom. The van der Waals surface area contributed by atoms with Crippen LogP contribution in [0.3, 0.4) is 0 Å². The van der Waals surface area contributed by atoms with E-state index in [-0.39, 0.29) is 0 Å². The van der Waals surface area contributed by atoms with Gasteiger partial charge in [0, 0.05) is 45.2 Å². The fourth-order valence-corrected chi connectivity index (χ4v) is 1.33. The van der Waals surface area contributed by atoms with E-state index in [9.17, 15) is 0 Å². The van der Waals surface area contributed by atoms with Gasteiger partial charge in [0.25, 0.3) is 0 Å². The lowest BCUT2D eigenvalue weighted by molar-refractivity contribution is 0.161. The Morgan fingerprint density at radius 1 is 1.47 bits per heavy atom. The molecular weight excluding hydrogens is 190 g/mol. The largest absolute Gasteiger partial charge is 0.383 e. The van der Waals surface area contributed by atoms with Crippen LogP contribution < -0.4 is 5.32 Å². The number of ether oxygens (including phenoxy) is 1. The van der Waals surface area contributed by atoms with Crippen molar-refractivity contribution >= 4 is 0 Å². The lowest BCUT2D eigenvalue weighted by Gasteiger charge is -2.15. The van der Waals surface area contributed by atoms with Crippen LogP contribution in [0.1, 0.15) is 5.69 Å². The lowest BCUT2D eigenvalue weighted by atomic mass is 10.4. The van der Waals surface area contributed by atoms with E-state index in [1.54, 1.807) is 7.11 Å². The Labute approximate surface area is 91.6 Å². The van der Waals surface area contributed by atoms with Gasteiger partial charge in [0.15, 0.2) is 0 Å². The molecule has 0 atom stereocenters. The van der Waals surface area contributed by atoms with Gasteiger partial charge in [-0.2, -0.15) is 0 Å². The number of methoxy groups -OCH3 is 1. The molecule has 1 aromatic rings. The Hall–Kier alpha value is -0.840. The van der Waals surface area contributed by atoms with Crippen molar-refractivity contribution in [2.75, 3.05) is 40.4 Å². The van der Waals surface area contributed by atoms with Crippen molar-refractivity contribution in [1.82, 2.24) is 15.2 Å². The maximum Gasteiger partial charge on any atom is 0.0589 e. The van der Waals surface area contributed by atoms with E-state index in [2.05, 4.69) is 28.3 Å². The van der Waals surface area contributed by atoms with Crippen LogP contribution in [-0.4, -0.2) is 50.3 Å². The van der Waals surface area contributed by atoms with Crippen molar-refractivity contribution in [2.45, 2.75) is 6.54 Å². The highest BCUT2D eigenvalue weighted by molar-refractivity contribution is 5.02. The van der Waals surface area contributed by atoms with E-state index >= 15 is 0 Å². The van der Waals surface area contributed by atoms with Gasteiger partial charge in [-0.3, -0.25) is 0 Å². The third-order valence-corrected chi connectivity index (χ3v) is 2.33. The van der Waals surface area contributed by atoms with Crippen LogP contribution in [0.5, 0.6) is 0 Å². The molecule has 1 aromatic heterocycles. The number of nitrogens with zero attached hydrogens (tertiary/aromatic N) is 1. The molecule has 0 saturated carbocycles. The third kappa shape index (κ3) is 5.57. The fraction of sp³-hybridized carbons (Fsp3) is 0.636. The molecule has 0 aliphatic rings. The number of hydrogen-bond donors (Lipinski definition) is 2. The number of hydrogen-bond acceptors (Lipinski definition) is 3. The summed E-state index contributed by atoms with van der Waals surface area (Å²) in [5.74, 6) is 0. The molecular formula is C11H21N3O. The number of likely N-dealkylation sites (N-methyl/N-ethyl adjacent to an activating group) is 1. The first-order chi connectivity index (χ1) is 7.33. The zero-order valence-electron chi connectivity index (χ0n) is 9.62. The monoisotopic (exact) mass is 211 g/mol. The summed E-state index contributed by atoms with van der Waals surface area (Å²) < 4.78 is 5.01. The molecule has 4 heteroatoms. The summed E-state index contributed by atoms with van der Waals surface area (Å²) in [4.78, 5) is 5.42. The predicted molar refractivity (Wildman–Crippen MR) is 61.9 cm³/mol. The number of aromatic amines is 1. The van der Waals surface area contributed by atoms with Gasteiger partial charge in [-0.25, -0.2) is 0 Å². The highest BCUT2D eigenvalue weighted by atomic mass is 16.5. The topological polar surface area (TPSA) is 40.3 Å². The minimum Gasteiger partial charge on any atom is -0.383 e. The molecule has 0 unspecified atom stereocenters. The first kappa shape index (κ1) is 12.2. The molecule has 4 nitrogen and oxygen atoms in total. The minimum absolute atomic E-state index is 0.799. The second kappa shape index (κ2) is 7.45. The summed E-state index contributed by atoms with van der Waals surface area (Å²) in [6, 6.07) is 4.10. The normalized spacial score (nSPS) is 11.1.